The summed E-state index contributed by atoms with van der Waals surface area (Å²) >= 11 is 0. The topological polar surface area (TPSA) is 106 Å². The van der Waals surface area contributed by atoms with Gasteiger partial charge in [-0.05, 0) is 12.1 Å². The summed E-state index contributed by atoms with van der Waals surface area (Å²) in [5, 5.41) is 8.58. The first-order valence-electron chi connectivity index (χ1n) is 5.47. The molecule has 0 spiro atoms. The SMILES string of the molecule is O=C(Cn1c(=O)oc2ccccc21)Nc1ncn[nH]1. The molecular formula is C11H9N5O3. The number of benzene rings is 1. The molecular weight excluding hydrogens is 250 g/mol. The van der Waals surface area contributed by atoms with Crippen LogP contribution in [-0.2, 0) is 11.3 Å². The van der Waals surface area contributed by atoms with Crippen molar-refractivity contribution in [3.8, 4) is 0 Å². The van der Waals surface area contributed by atoms with E-state index in [1.807, 2.05) is 0 Å². The fourth-order valence-corrected chi connectivity index (χ4v) is 1.74. The van der Waals surface area contributed by atoms with Crippen molar-refractivity contribution in [1.29, 1.82) is 0 Å². The molecule has 0 saturated heterocycles. The van der Waals surface area contributed by atoms with Crippen LogP contribution in [0.1, 0.15) is 0 Å². The first kappa shape index (κ1) is 11.2. The number of aromatic nitrogens is 4. The summed E-state index contributed by atoms with van der Waals surface area (Å²) in [6.45, 7) is -0.156. The number of carbonyl (C=O) groups excluding carboxylic acids is 1. The van der Waals surface area contributed by atoms with Gasteiger partial charge in [-0.1, -0.05) is 12.1 Å². The van der Waals surface area contributed by atoms with Gasteiger partial charge in [-0.25, -0.2) is 9.89 Å². The molecule has 3 rings (SSSR count). The van der Waals surface area contributed by atoms with E-state index >= 15 is 0 Å². The lowest BCUT2D eigenvalue weighted by Gasteiger charge is -2.02. The van der Waals surface area contributed by atoms with Gasteiger partial charge in [-0.3, -0.25) is 14.7 Å². The number of nitrogens with zero attached hydrogens (tertiary/aromatic N) is 3. The van der Waals surface area contributed by atoms with Crippen molar-refractivity contribution in [2.75, 3.05) is 5.32 Å². The second-order valence-electron chi connectivity index (χ2n) is 3.80. The molecule has 0 radical (unpaired) electrons. The maximum atomic E-state index is 11.8. The number of para-hydroxylation sites is 2. The quantitative estimate of drug-likeness (QED) is 0.706. The molecule has 0 atom stereocenters. The molecule has 0 aliphatic rings. The lowest BCUT2D eigenvalue weighted by molar-refractivity contribution is -0.116. The van der Waals surface area contributed by atoms with Crippen molar-refractivity contribution in [2.24, 2.45) is 0 Å². The van der Waals surface area contributed by atoms with Gasteiger partial charge in [-0.2, -0.15) is 10.1 Å². The van der Waals surface area contributed by atoms with Gasteiger partial charge in [-0.15, -0.1) is 0 Å². The Bertz CT molecular complexity index is 771. The molecule has 0 aliphatic carbocycles. The highest BCUT2D eigenvalue weighted by molar-refractivity contribution is 5.89. The van der Waals surface area contributed by atoms with Crippen LogP contribution in [0.3, 0.4) is 0 Å². The van der Waals surface area contributed by atoms with Gasteiger partial charge in [0.05, 0.1) is 5.52 Å². The molecule has 0 unspecified atom stereocenters. The minimum atomic E-state index is -0.575. The average molecular weight is 259 g/mol. The molecule has 2 aromatic heterocycles. The van der Waals surface area contributed by atoms with E-state index in [0.29, 0.717) is 11.1 Å². The van der Waals surface area contributed by atoms with Gasteiger partial charge in [0.25, 0.3) is 0 Å². The van der Waals surface area contributed by atoms with E-state index in [1.165, 1.54) is 10.9 Å². The Morgan fingerprint density at radius 3 is 3.05 bits per heavy atom. The zero-order valence-corrected chi connectivity index (χ0v) is 9.66. The predicted molar refractivity (Wildman–Crippen MR) is 65.5 cm³/mol. The minimum Gasteiger partial charge on any atom is -0.408 e. The van der Waals surface area contributed by atoms with Crippen LogP contribution in [0.25, 0.3) is 11.1 Å². The van der Waals surface area contributed by atoms with Crippen LogP contribution in [-0.4, -0.2) is 25.7 Å². The van der Waals surface area contributed by atoms with Gasteiger partial charge in [0.15, 0.2) is 5.58 Å². The molecule has 0 bridgehead atoms. The molecule has 2 N–H and O–H groups in total. The number of rotatable bonds is 3. The Hall–Kier alpha value is -2.90. The molecule has 0 fully saturated rings. The summed E-state index contributed by atoms with van der Waals surface area (Å²) in [5.74, 6) is -0.745. The Labute approximate surface area is 106 Å². The molecule has 0 saturated carbocycles. The van der Waals surface area contributed by atoms with E-state index in [4.69, 9.17) is 4.42 Å². The summed E-state index contributed by atoms with van der Waals surface area (Å²) in [4.78, 5) is 27.2. The number of hydrogen-bond acceptors (Lipinski definition) is 5. The largest absolute Gasteiger partial charge is 0.420 e. The normalized spacial score (nSPS) is 10.7. The Morgan fingerprint density at radius 2 is 2.26 bits per heavy atom. The maximum absolute atomic E-state index is 11.8. The predicted octanol–water partition coefficient (Wildman–Crippen LogP) is 0.351. The third-order valence-corrected chi connectivity index (χ3v) is 2.55. The van der Waals surface area contributed by atoms with Gasteiger partial charge in [0.1, 0.15) is 12.9 Å². The zero-order valence-electron chi connectivity index (χ0n) is 9.66. The number of anilines is 1. The fraction of sp³-hybridized carbons (Fsp3) is 0.0909. The summed E-state index contributed by atoms with van der Waals surface area (Å²) in [6.07, 6.45) is 1.27. The van der Waals surface area contributed by atoms with Crippen LogP contribution < -0.4 is 11.1 Å². The standard InChI is InChI=1S/C11H9N5O3/c17-9(14-10-12-6-13-15-10)5-16-7-3-1-2-4-8(7)19-11(16)18/h1-4,6H,5H2,(H2,12,13,14,15,17). The van der Waals surface area contributed by atoms with E-state index in [2.05, 4.69) is 20.5 Å². The molecule has 2 heterocycles. The Balaban J connectivity index is 1.87. The van der Waals surface area contributed by atoms with Crippen molar-refractivity contribution in [3.63, 3.8) is 0 Å². The molecule has 8 heteroatoms. The number of carbonyl (C=O) groups is 1. The third-order valence-electron chi connectivity index (χ3n) is 2.55. The molecule has 19 heavy (non-hydrogen) atoms. The van der Waals surface area contributed by atoms with Gasteiger partial charge >= 0.3 is 5.76 Å². The first-order chi connectivity index (χ1) is 9.24. The van der Waals surface area contributed by atoms with Crippen molar-refractivity contribution in [1.82, 2.24) is 19.7 Å². The molecule has 1 amide bonds. The zero-order chi connectivity index (χ0) is 13.2. The monoisotopic (exact) mass is 259 g/mol. The van der Waals surface area contributed by atoms with Crippen LogP contribution in [0.4, 0.5) is 5.95 Å². The molecule has 3 aromatic rings. The van der Waals surface area contributed by atoms with Crippen molar-refractivity contribution in [3.05, 3.63) is 41.1 Å². The van der Waals surface area contributed by atoms with Crippen molar-refractivity contribution >= 4 is 23.0 Å². The Morgan fingerprint density at radius 1 is 1.42 bits per heavy atom. The third kappa shape index (κ3) is 2.10. The second kappa shape index (κ2) is 4.41. The molecule has 96 valence electrons. The number of fused-ring (bicyclic) bond motifs is 1. The van der Waals surface area contributed by atoms with E-state index in [9.17, 15) is 9.59 Å². The van der Waals surface area contributed by atoms with E-state index in [1.54, 1.807) is 24.3 Å². The summed E-state index contributed by atoms with van der Waals surface area (Å²) in [6, 6.07) is 6.90. The highest BCUT2D eigenvalue weighted by atomic mass is 16.4. The molecule has 8 nitrogen and oxygen atoms in total. The van der Waals surface area contributed by atoms with Crippen molar-refractivity contribution in [2.45, 2.75) is 6.54 Å². The maximum Gasteiger partial charge on any atom is 0.420 e. The fourth-order valence-electron chi connectivity index (χ4n) is 1.74. The average Bonchev–Trinajstić information content (AvgIpc) is 2.99. The number of oxazole rings is 1. The van der Waals surface area contributed by atoms with E-state index in [-0.39, 0.29) is 12.5 Å². The number of amides is 1. The van der Waals surface area contributed by atoms with Crippen LogP contribution >= 0.6 is 0 Å². The smallest absolute Gasteiger partial charge is 0.408 e. The summed E-state index contributed by atoms with van der Waals surface area (Å²) < 4.78 is 6.28. The number of hydrogen-bond donors (Lipinski definition) is 2. The number of H-pyrrole nitrogens is 1. The van der Waals surface area contributed by atoms with Crippen LogP contribution in [0, 0.1) is 0 Å². The summed E-state index contributed by atoms with van der Waals surface area (Å²) in [7, 11) is 0. The van der Waals surface area contributed by atoms with E-state index in [0.717, 1.165) is 0 Å². The van der Waals surface area contributed by atoms with Gasteiger partial charge in [0.2, 0.25) is 11.9 Å². The number of aromatic amines is 1. The number of nitrogens with one attached hydrogen (secondary N) is 2. The van der Waals surface area contributed by atoms with Gasteiger partial charge < -0.3 is 4.42 Å². The van der Waals surface area contributed by atoms with Gasteiger partial charge in [0, 0.05) is 0 Å². The minimum absolute atomic E-state index is 0.156. The molecule has 0 aliphatic heterocycles. The van der Waals surface area contributed by atoms with Crippen LogP contribution in [0.2, 0.25) is 0 Å². The second-order valence-corrected chi connectivity index (χ2v) is 3.80. The van der Waals surface area contributed by atoms with E-state index < -0.39 is 11.7 Å². The first-order valence-corrected chi connectivity index (χ1v) is 5.47. The highest BCUT2D eigenvalue weighted by Crippen LogP contribution is 2.11. The highest BCUT2D eigenvalue weighted by Gasteiger charge is 2.12. The van der Waals surface area contributed by atoms with Crippen molar-refractivity contribution < 1.29 is 9.21 Å². The summed E-state index contributed by atoms with van der Waals surface area (Å²) in [5.41, 5.74) is 1.01. The molecule has 1 aromatic carbocycles. The van der Waals surface area contributed by atoms with Crippen LogP contribution in [0.5, 0.6) is 0 Å². The Kier molecular flexibility index (Phi) is 2.60. The lowest BCUT2D eigenvalue weighted by Crippen LogP contribution is -2.25. The van der Waals surface area contributed by atoms with Crippen LogP contribution in [0.15, 0.2) is 39.8 Å². The lowest BCUT2D eigenvalue weighted by atomic mass is 10.3.